The molecule has 3 heteroatoms. The summed E-state index contributed by atoms with van der Waals surface area (Å²) in [6.07, 6.45) is 3.10. The van der Waals surface area contributed by atoms with Crippen LogP contribution in [0.1, 0.15) is 38.1 Å². The van der Waals surface area contributed by atoms with E-state index < -0.39 is 0 Å². The molecule has 0 amide bonds. The number of nitrogens with one attached hydrogen (secondary N) is 1. The Morgan fingerprint density at radius 1 is 1.28 bits per heavy atom. The van der Waals surface area contributed by atoms with E-state index in [2.05, 4.69) is 61.5 Å². The van der Waals surface area contributed by atoms with E-state index in [1.165, 1.54) is 5.56 Å². The molecule has 0 atom stereocenters. The van der Waals surface area contributed by atoms with Crippen LogP contribution in [0.15, 0.2) is 36.5 Å². The Morgan fingerprint density at radius 3 is 2.78 bits per heavy atom. The quantitative estimate of drug-likeness (QED) is 0.869. The number of rotatable bonds is 5. The molecule has 0 bridgehead atoms. The van der Waals surface area contributed by atoms with Crippen LogP contribution in [0.4, 0.5) is 5.69 Å². The highest BCUT2D eigenvalue weighted by atomic mass is 15.3. The predicted octanol–water partition coefficient (Wildman–Crippen LogP) is 3.64. The highest BCUT2D eigenvalue weighted by molar-refractivity contribution is 5.45. The summed E-state index contributed by atoms with van der Waals surface area (Å²) in [4.78, 5) is 0. The molecule has 0 aliphatic heterocycles. The zero-order valence-electron chi connectivity index (χ0n) is 11.4. The van der Waals surface area contributed by atoms with Crippen molar-refractivity contribution in [2.75, 3.05) is 5.32 Å². The molecule has 0 spiro atoms. The summed E-state index contributed by atoms with van der Waals surface area (Å²) in [6, 6.07) is 11.0. The highest BCUT2D eigenvalue weighted by Crippen LogP contribution is 2.12. The van der Waals surface area contributed by atoms with Gasteiger partial charge in [-0.25, -0.2) is 0 Å². The highest BCUT2D eigenvalue weighted by Gasteiger charge is 2.02. The van der Waals surface area contributed by atoms with Gasteiger partial charge in [-0.15, -0.1) is 0 Å². The van der Waals surface area contributed by atoms with Crippen molar-refractivity contribution in [1.82, 2.24) is 9.78 Å². The van der Waals surface area contributed by atoms with Gasteiger partial charge < -0.3 is 5.32 Å². The lowest BCUT2D eigenvalue weighted by Crippen LogP contribution is -2.04. The number of nitrogens with zero attached hydrogens (tertiary/aromatic N) is 2. The first-order valence-electron chi connectivity index (χ1n) is 6.56. The van der Waals surface area contributed by atoms with Crippen molar-refractivity contribution < 1.29 is 0 Å². The van der Waals surface area contributed by atoms with Gasteiger partial charge in [-0.2, -0.15) is 5.10 Å². The van der Waals surface area contributed by atoms with Crippen LogP contribution < -0.4 is 5.32 Å². The van der Waals surface area contributed by atoms with E-state index in [1.54, 1.807) is 0 Å². The molecule has 3 nitrogen and oxygen atoms in total. The first-order valence-corrected chi connectivity index (χ1v) is 6.56. The Balaban J connectivity index is 1.97. The summed E-state index contributed by atoms with van der Waals surface area (Å²) in [7, 11) is 0. The fourth-order valence-electron chi connectivity index (χ4n) is 1.85. The van der Waals surface area contributed by atoms with Gasteiger partial charge in [0.1, 0.15) is 0 Å². The van der Waals surface area contributed by atoms with Gasteiger partial charge in [0.2, 0.25) is 0 Å². The Labute approximate surface area is 109 Å². The van der Waals surface area contributed by atoms with Gasteiger partial charge in [0.25, 0.3) is 0 Å². The zero-order chi connectivity index (χ0) is 13.0. The lowest BCUT2D eigenvalue weighted by molar-refractivity contribution is 0.527. The molecule has 96 valence electrons. The second kappa shape index (κ2) is 5.71. The summed E-state index contributed by atoms with van der Waals surface area (Å²) < 4.78 is 1.99. The minimum absolute atomic E-state index is 0.419. The van der Waals surface area contributed by atoms with Crippen molar-refractivity contribution in [2.45, 2.75) is 39.8 Å². The van der Waals surface area contributed by atoms with Gasteiger partial charge in [-0.05, 0) is 44.0 Å². The first-order chi connectivity index (χ1) is 8.69. The van der Waals surface area contributed by atoms with Crippen molar-refractivity contribution in [3.05, 3.63) is 47.8 Å². The van der Waals surface area contributed by atoms with E-state index in [-0.39, 0.29) is 0 Å². The molecular weight excluding hydrogens is 222 g/mol. The molecule has 1 N–H and O–H groups in total. The molecule has 1 aromatic heterocycles. The van der Waals surface area contributed by atoms with E-state index in [4.69, 9.17) is 0 Å². The molecule has 0 radical (unpaired) electrons. The molecule has 0 aliphatic rings. The number of hydrogen-bond acceptors (Lipinski definition) is 2. The molecule has 1 aromatic carbocycles. The molecule has 18 heavy (non-hydrogen) atoms. The predicted molar refractivity (Wildman–Crippen MR) is 75.8 cm³/mol. The van der Waals surface area contributed by atoms with Crippen molar-refractivity contribution >= 4 is 5.69 Å². The van der Waals surface area contributed by atoms with E-state index in [0.717, 1.165) is 24.3 Å². The van der Waals surface area contributed by atoms with Crippen LogP contribution in [0.3, 0.4) is 0 Å². The maximum Gasteiger partial charge on any atom is 0.0815 e. The summed E-state index contributed by atoms with van der Waals surface area (Å²) >= 11 is 0. The molecule has 2 rings (SSSR count). The van der Waals surface area contributed by atoms with Crippen LogP contribution in [0, 0.1) is 0 Å². The number of anilines is 1. The minimum atomic E-state index is 0.419. The van der Waals surface area contributed by atoms with Gasteiger partial charge in [0, 0.05) is 17.9 Å². The van der Waals surface area contributed by atoms with Crippen LogP contribution >= 0.6 is 0 Å². The third kappa shape index (κ3) is 3.13. The monoisotopic (exact) mass is 243 g/mol. The fourth-order valence-corrected chi connectivity index (χ4v) is 1.85. The summed E-state index contributed by atoms with van der Waals surface area (Å²) in [5, 5.41) is 7.93. The fraction of sp³-hybridized carbons (Fsp3) is 0.400. The van der Waals surface area contributed by atoms with Crippen LogP contribution in [-0.2, 0) is 13.0 Å². The largest absolute Gasteiger partial charge is 0.379 e. The summed E-state index contributed by atoms with van der Waals surface area (Å²) in [6.45, 7) is 7.21. The number of aryl methyl sites for hydroxylation is 1. The van der Waals surface area contributed by atoms with Gasteiger partial charge in [-0.1, -0.05) is 19.1 Å². The van der Waals surface area contributed by atoms with Crippen molar-refractivity contribution in [3.63, 3.8) is 0 Å². The second-order valence-electron chi connectivity index (χ2n) is 4.79. The molecule has 0 unspecified atom stereocenters. The number of aromatic nitrogens is 2. The maximum absolute atomic E-state index is 4.52. The molecular formula is C15H21N3. The number of hydrogen-bond donors (Lipinski definition) is 1. The average Bonchev–Trinajstić information content (AvgIpc) is 2.85. The molecule has 0 saturated heterocycles. The topological polar surface area (TPSA) is 29.9 Å². The molecule has 0 aliphatic carbocycles. The third-order valence-corrected chi connectivity index (χ3v) is 3.00. The summed E-state index contributed by atoms with van der Waals surface area (Å²) in [5.41, 5.74) is 3.59. The van der Waals surface area contributed by atoms with E-state index in [1.807, 2.05) is 10.9 Å². The van der Waals surface area contributed by atoms with Gasteiger partial charge in [0.05, 0.1) is 12.2 Å². The first kappa shape index (κ1) is 12.7. The summed E-state index contributed by atoms with van der Waals surface area (Å²) in [5.74, 6) is 0. The van der Waals surface area contributed by atoms with E-state index >= 15 is 0 Å². The van der Waals surface area contributed by atoms with Crippen LogP contribution in [0.2, 0.25) is 0 Å². The van der Waals surface area contributed by atoms with Crippen LogP contribution in [0.5, 0.6) is 0 Å². The normalized spacial score (nSPS) is 10.9. The zero-order valence-corrected chi connectivity index (χ0v) is 11.4. The van der Waals surface area contributed by atoms with Crippen molar-refractivity contribution in [1.29, 1.82) is 0 Å². The second-order valence-corrected chi connectivity index (χ2v) is 4.79. The molecule has 0 fully saturated rings. The van der Waals surface area contributed by atoms with Crippen LogP contribution in [-0.4, -0.2) is 9.78 Å². The maximum atomic E-state index is 4.52. The Hall–Kier alpha value is -1.77. The average molecular weight is 243 g/mol. The lowest BCUT2D eigenvalue weighted by Gasteiger charge is -2.07. The molecule has 2 aromatic rings. The minimum Gasteiger partial charge on any atom is -0.379 e. The van der Waals surface area contributed by atoms with E-state index in [0.29, 0.717) is 6.04 Å². The van der Waals surface area contributed by atoms with Crippen molar-refractivity contribution in [3.8, 4) is 0 Å². The van der Waals surface area contributed by atoms with Crippen LogP contribution in [0.25, 0.3) is 0 Å². The SMILES string of the molecule is CCc1cccc(NCc2ccn(C(C)C)n2)c1. The lowest BCUT2D eigenvalue weighted by atomic mass is 10.1. The van der Waals surface area contributed by atoms with Gasteiger partial charge in [0.15, 0.2) is 0 Å². The Morgan fingerprint density at radius 2 is 2.11 bits per heavy atom. The van der Waals surface area contributed by atoms with Gasteiger partial charge in [-0.3, -0.25) is 4.68 Å². The Bertz CT molecular complexity index is 500. The molecule has 1 heterocycles. The van der Waals surface area contributed by atoms with Gasteiger partial charge >= 0.3 is 0 Å². The van der Waals surface area contributed by atoms with E-state index in [9.17, 15) is 0 Å². The third-order valence-electron chi connectivity index (χ3n) is 3.00. The Kier molecular flexibility index (Phi) is 4.03. The molecule has 0 saturated carbocycles. The van der Waals surface area contributed by atoms with Crippen molar-refractivity contribution in [2.24, 2.45) is 0 Å². The number of benzene rings is 1. The standard InChI is InChI=1S/C15H21N3/c1-4-13-6-5-7-14(10-13)16-11-15-8-9-18(17-15)12(2)3/h5-10,12,16H,4,11H2,1-3H3. The smallest absolute Gasteiger partial charge is 0.0815 e.